The van der Waals surface area contributed by atoms with Gasteiger partial charge in [0.25, 0.3) is 0 Å². The summed E-state index contributed by atoms with van der Waals surface area (Å²) in [4.78, 5) is 14.1. The Bertz CT molecular complexity index is 624. The Morgan fingerprint density at radius 3 is 2.77 bits per heavy atom. The second-order valence-electron chi connectivity index (χ2n) is 5.63. The molecule has 1 N–H and O–H groups in total. The first-order valence-electron chi connectivity index (χ1n) is 7.37. The number of carbonyl (C=O) groups excluding carboxylic acids is 1. The molecule has 1 fully saturated rings. The topological polar surface area (TPSA) is 53.7 Å². The van der Waals surface area contributed by atoms with Gasteiger partial charge in [-0.1, -0.05) is 12.1 Å². The molecule has 1 saturated heterocycles. The fraction of sp³-hybridized carbons (Fsp3) is 0.353. The second kappa shape index (κ2) is 6.32. The third kappa shape index (κ3) is 3.20. The standard InChI is InChI=1S/C17H18FNO3/c18-14-4-2-13(3-5-14)16-9-15(20)10-19(16)17(21)6-1-12-7-8-22-11-12/h2-5,7-8,11,15-16,20H,1,6,9-10H2/t15-,16-/m1/s1. The van der Waals surface area contributed by atoms with E-state index in [9.17, 15) is 14.3 Å². The van der Waals surface area contributed by atoms with Crippen molar-refractivity contribution in [2.75, 3.05) is 6.54 Å². The lowest BCUT2D eigenvalue weighted by Gasteiger charge is -2.24. The number of hydrogen-bond donors (Lipinski definition) is 1. The van der Waals surface area contributed by atoms with E-state index in [4.69, 9.17) is 4.42 Å². The molecule has 0 spiro atoms. The van der Waals surface area contributed by atoms with Crippen molar-refractivity contribution in [3.8, 4) is 0 Å². The van der Waals surface area contributed by atoms with Crippen molar-refractivity contribution in [2.45, 2.75) is 31.4 Å². The van der Waals surface area contributed by atoms with Gasteiger partial charge < -0.3 is 14.4 Å². The number of aliphatic hydroxyl groups excluding tert-OH is 1. The van der Waals surface area contributed by atoms with Crippen molar-refractivity contribution in [1.29, 1.82) is 0 Å². The molecule has 0 unspecified atom stereocenters. The van der Waals surface area contributed by atoms with Gasteiger partial charge in [0.1, 0.15) is 5.82 Å². The van der Waals surface area contributed by atoms with Gasteiger partial charge in [-0.2, -0.15) is 0 Å². The maximum atomic E-state index is 13.0. The van der Waals surface area contributed by atoms with Crippen LogP contribution >= 0.6 is 0 Å². The van der Waals surface area contributed by atoms with E-state index >= 15 is 0 Å². The normalized spacial score (nSPS) is 21.3. The van der Waals surface area contributed by atoms with Crippen molar-refractivity contribution in [1.82, 2.24) is 4.90 Å². The highest BCUT2D eigenvalue weighted by atomic mass is 19.1. The fourth-order valence-corrected chi connectivity index (χ4v) is 2.92. The molecule has 3 rings (SSSR count). The maximum Gasteiger partial charge on any atom is 0.223 e. The Hall–Kier alpha value is -2.14. The van der Waals surface area contributed by atoms with Crippen LogP contribution < -0.4 is 0 Å². The highest BCUT2D eigenvalue weighted by Crippen LogP contribution is 2.32. The van der Waals surface area contributed by atoms with Crippen LogP contribution in [0.2, 0.25) is 0 Å². The van der Waals surface area contributed by atoms with E-state index in [0.717, 1.165) is 11.1 Å². The van der Waals surface area contributed by atoms with Gasteiger partial charge in [0.15, 0.2) is 0 Å². The van der Waals surface area contributed by atoms with Crippen LogP contribution in [0.5, 0.6) is 0 Å². The molecule has 4 nitrogen and oxygen atoms in total. The van der Waals surface area contributed by atoms with Gasteiger partial charge in [-0.3, -0.25) is 4.79 Å². The number of halogens is 1. The number of furan rings is 1. The van der Waals surface area contributed by atoms with Gasteiger partial charge in [-0.25, -0.2) is 4.39 Å². The van der Waals surface area contributed by atoms with Gasteiger partial charge >= 0.3 is 0 Å². The molecule has 116 valence electrons. The van der Waals surface area contributed by atoms with Gasteiger partial charge in [-0.05, 0) is 42.2 Å². The maximum absolute atomic E-state index is 13.0. The van der Waals surface area contributed by atoms with E-state index in [0.29, 0.717) is 25.8 Å². The molecular formula is C17H18FNO3. The van der Waals surface area contributed by atoms with Crippen LogP contribution in [0, 0.1) is 5.82 Å². The number of carbonyl (C=O) groups is 1. The molecule has 0 saturated carbocycles. The van der Waals surface area contributed by atoms with E-state index < -0.39 is 6.10 Å². The van der Waals surface area contributed by atoms with Gasteiger partial charge in [0.2, 0.25) is 5.91 Å². The van der Waals surface area contributed by atoms with Crippen molar-refractivity contribution in [3.05, 3.63) is 59.8 Å². The molecule has 0 bridgehead atoms. The van der Waals surface area contributed by atoms with E-state index in [1.54, 1.807) is 29.6 Å². The number of likely N-dealkylation sites (tertiary alicyclic amines) is 1. The number of rotatable bonds is 4. The number of aliphatic hydroxyl groups is 1. The Morgan fingerprint density at radius 2 is 2.09 bits per heavy atom. The lowest BCUT2D eigenvalue weighted by atomic mass is 10.0. The third-order valence-electron chi connectivity index (χ3n) is 4.06. The highest BCUT2D eigenvalue weighted by molar-refractivity contribution is 5.77. The molecule has 1 aliphatic rings. The minimum Gasteiger partial charge on any atom is -0.472 e. The molecule has 1 aromatic heterocycles. The van der Waals surface area contributed by atoms with Crippen LogP contribution in [0.25, 0.3) is 0 Å². The largest absolute Gasteiger partial charge is 0.472 e. The molecule has 0 radical (unpaired) electrons. The summed E-state index contributed by atoms with van der Waals surface area (Å²) in [7, 11) is 0. The van der Waals surface area contributed by atoms with Gasteiger partial charge in [0, 0.05) is 13.0 Å². The van der Waals surface area contributed by atoms with E-state index in [1.807, 2.05) is 6.07 Å². The summed E-state index contributed by atoms with van der Waals surface area (Å²) in [6, 6.07) is 7.77. The quantitative estimate of drug-likeness (QED) is 0.945. The summed E-state index contributed by atoms with van der Waals surface area (Å²) < 4.78 is 18.0. The van der Waals surface area contributed by atoms with Gasteiger partial charge in [0.05, 0.1) is 24.7 Å². The number of hydrogen-bond acceptors (Lipinski definition) is 3. The Labute approximate surface area is 128 Å². The molecule has 1 aliphatic heterocycles. The van der Waals surface area contributed by atoms with Crippen molar-refractivity contribution < 1.29 is 18.7 Å². The predicted molar refractivity (Wildman–Crippen MR) is 78.5 cm³/mol. The molecule has 5 heteroatoms. The van der Waals surface area contributed by atoms with Crippen LogP contribution in [-0.2, 0) is 11.2 Å². The average Bonchev–Trinajstić information content (AvgIpc) is 3.15. The lowest BCUT2D eigenvalue weighted by Crippen LogP contribution is -2.31. The van der Waals surface area contributed by atoms with Crippen molar-refractivity contribution in [3.63, 3.8) is 0 Å². The van der Waals surface area contributed by atoms with E-state index in [2.05, 4.69) is 0 Å². The molecular weight excluding hydrogens is 285 g/mol. The minimum absolute atomic E-state index is 0.00734. The summed E-state index contributed by atoms with van der Waals surface area (Å²) in [5, 5.41) is 9.90. The molecule has 1 aromatic carbocycles. The number of benzene rings is 1. The second-order valence-corrected chi connectivity index (χ2v) is 5.63. The number of β-amino-alcohol motifs (C(OH)–C–C–N with tert-alkyl or cyclic N) is 1. The SMILES string of the molecule is O=C(CCc1ccoc1)N1C[C@H](O)C[C@@H]1c1ccc(F)cc1. The lowest BCUT2D eigenvalue weighted by molar-refractivity contribution is -0.132. The Morgan fingerprint density at radius 1 is 1.32 bits per heavy atom. The fourth-order valence-electron chi connectivity index (χ4n) is 2.92. The first kappa shape index (κ1) is 14.8. The Kier molecular flexibility index (Phi) is 4.24. The zero-order valence-electron chi connectivity index (χ0n) is 12.1. The van der Waals surface area contributed by atoms with E-state index in [-0.39, 0.29) is 17.8 Å². The smallest absolute Gasteiger partial charge is 0.223 e. The molecule has 1 amide bonds. The number of nitrogens with zero attached hydrogens (tertiary/aromatic N) is 1. The number of aryl methyl sites for hydroxylation is 1. The highest BCUT2D eigenvalue weighted by Gasteiger charge is 2.34. The summed E-state index contributed by atoms with van der Waals surface area (Å²) in [5.74, 6) is -0.313. The van der Waals surface area contributed by atoms with Crippen LogP contribution in [0.15, 0.2) is 47.3 Å². The summed E-state index contributed by atoms with van der Waals surface area (Å²) in [5.41, 5.74) is 1.83. The van der Waals surface area contributed by atoms with Crippen LogP contribution in [0.1, 0.15) is 30.0 Å². The molecule has 22 heavy (non-hydrogen) atoms. The molecule has 2 heterocycles. The summed E-state index contributed by atoms with van der Waals surface area (Å²) in [6.45, 7) is 0.326. The Balaban J connectivity index is 1.69. The van der Waals surface area contributed by atoms with Gasteiger partial charge in [-0.15, -0.1) is 0 Å². The summed E-state index contributed by atoms with van der Waals surface area (Å²) in [6.07, 6.45) is 4.14. The van der Waals surface area contributed by atoms with E-state index in [1.165, 1.54) is 12.1 Å². The minimum atomic E-state index is -0.534. The third-order valence-corrected chi connectivity index (χ3v) is 4.06. The predicted octanol–water partition coefficient (Wildman–Crippen LogP) is 2.69. The molecule has 2 atom stereocenters. The molecule has 0 aliphatic carbocycles. The monoisotopic (exact) mass is 303 g/mol. The first-order chi connectivity index (χ1) is 10.6. The van der Waals surface area contributed by atoms with Crippen molar-refractivity contribution in [2.24, 2.45) is 0 Å². The van der Waals surface area contributed by atoms with Crippen LogP contribution in [0.4, 0.5) is 4.39 Å². The number of amides is 1. The zero-order chi connectivity index (χ0) is 15.5. The summed E-state index contributed by atoms with van der Waals surface area (Å²) >= 11 is 0. The van der Waals surface area contributed by atoms with Crippen LogP contribution in [0.3, 0.4) is 0 Å². The molecule has 2 aromatic rings. The first-order valence-corrected chi connectivity index (χ1v) is 7.37. The zero-order valence-corrected chi connectivity index (χ0v) is 12.1. The van der Waals surface area contributed by atoms with Crippen LogP contribution in [-0.4, -0.2) is 28.6 Å². The van der Waals surface area contributed by atoms with Crippen molar-refractivity contribution >= 4 is 5.91 Å². The average molecular weight is 303 g/mol.